The molecule has 1 aliphatic heterocycles. The minimum Gasteiger partial charge on any atom is -0.295 e. The van der Waals surface area contributed by atoms with Crippen LogP contribution in [-0.2, 0) is 13.1 Å². The molecule has 0 aliphatic carbocycles. The summed E-state index contributed by atoms with van der Waals surface area (Å²) in [6.45, 7) is 10.5. The van der Waals surface area contributed by atoms with Crippen molar-refractivity contribution in [3.05, 3.63) is 35.4 Å². The topological polar surface area (TPSA) is 3.24 Å². The van der Waals surface area contributed by atoms with E-state index in [9.17, 15) is 0 Å². The first-order valence-corrected chi connectivity index (χ1v) is 6.34. The molecule has 1 aliphatic rings. The van der Waals surface area contributed by atoms with Gasteiger partial charge in [0.1, 0.15) is 0 Å². The van der Waals surface area contributed by atoms with Gasteiger partial charge in [0.15, 0.2) is 0 Å². The van der Waals surface area contributed by atoms with Crippen molar-refractivity contribution < 1.29 is 0 Å². The molecular weight excluding hydrogens is 194 g/mol. The summed E-state index contributed by atoms with van der Waals surface area (Å²) in [6.07, 6.45) is 2.64. The van der Waals surface area contributed by atoms with Crippen LogP contribution in [0.3, 0.4) is 0 Å². The van der Waals surface area contributed by atoms with Crippen molar-refractivity contribution in [2.24, 2.45) is 5.41 Å². The Morgan fingerprint density at radius 2 is 1.62 bits per heavy atom. The third-order valence-electron chi connectivity index (χ3n) is 3.31. The first-order chi connectivity index (χ1) is 7.54. The molecule has 0 saturated heterocycles. The Morgan fingerprint density at radius 1 is 1.06 bits per heavy atom. The smallest absolute Gasteiger partial charge is 0.0240 e. The van der Waals surface area contributed by atoms with Gasteiger partial charge < -0.3 is 0 Å². The van der Waals surface area contributed by atoms with Crippen molar-refractivity contribution >= 4 is 0 Å². The molecule has 2 rings (SSSR count). The predicted octanol–water partition coefficient (Wildman–Crippen LogP) is 3.83. The molecule has 0 N–H and O–H groups in total. The van der Waals surface area contributed by atoms with E-state index < -0.39 is 0 Å². The van der Waals surface area contributed by atoms with Gasteiger partial charge in [-0.15, -0.1) is 0 Å². The summed E-state index contributed by atoms with van der Waals surface area (Å²) < 4.78 is 0. The molecule has 0 radical (unpaired) electrons. The van der Waals surface area contributed by atoms with E-state index in [2.05, 4.69) is 49.9 Å². The average Bonchev–Trinajstić information content (AvgIpc) is 2.57. The van der Waals surface area contributed by atoms with Gasteiger partial charge in [-0.3, -0.25) is 4.90 Å². The number of fused-ring (bicyclic) bond motifs is 1. The molecule has 1 heterocycles. The maximum absolute atomic E-state index is 2.57. The van der Waals surface area contributed by atoms with Crippen LogP contribution >= 0.6 is 0 Å². The van der Waals surface area contributed by atoms with Gasteiger partial charge in [0.05, 0.1) is 0 Å². The summed E-state index contributed by atoms with van der Waals surface area (Å²) in [5, 5.41) is 0. The Bertz CT molecular complexity index is 324. The summed E-state index contributed by atoms with van der Waals surface area (Å²) in [4.78, 5) is 2.57. The maximum Gasteiger partial charge on any atom is 0.0240 e. The van der Waals surface area contributed by atoms with Crippen LogP contribution in [-0.4, -0.2) is 11.4 Å². The van der Waals surface area contributed by atoms with E-state index in [-0.39, 0.29) is 0 Å². The second-order valence-corrected chi connectivity index (χ2v) is 6.14. The average molecular weight is 217 g/mol. The minimum absolute atomic E-state index is 0.479. The lowest BCUT2D eigenvalue weighted by Gasteiger charge is -2.20. The normalized spacial score (nSPS) is 16.4. The van der Waals surface area contributed by atoms with Gasteiger partial charge in [-0.05, 0) is 35.9 Å². The number of benzene rings is 1. The van der Waals surface area contributed by atoms with Crippen molar-refractivity contribution in [3.63, 3.8) is 0 Å². The molecule has 0 bridgehead atoms. The molecule has 0 spiro atoms. The van der Waals surface area contributed by atoms with Crippen LogP contribution in [0.2, 0.25) is 0 Å². The van der Waals surface area contributed by atoms with Gasteiger partial charge >= 0.3 is 0 Å². The van der Waals surface area contributed by atoms with Crippen LogP contribution in [0.5, 0.6) is 0 Å². The van der Waals surface area contributed by atoms with Crippen molar-refractivity contribution in [2.75, 3.05) is 6.54 Å². The summed E-state index contributed by atoms with van der Waals surface area (Å²) in [5.74, 6) is 0. The van der Waals surface area contributed by atoms with Crippen LogP contribution in [0.1, 0.15) is 44.7 Å². The number of rotatable bonds is 3. The molecule has 1 aromatic rings. The highest BCUT2D eigenvalue weighted by atomic mass is 15.1. The molecule has 0 aromatic heterocycles. The van der Waals surface area contributed by atoms with E-state index >= 15 is 0 Å². The third kappa shape index (κ3) is 3.08. The molecule has 0 amide bonds. The van der Waals surface area contributed by atoms with Gasteiger partial charge in [-0.1, -0.05) is 45.0 Å². The zero-order chi connectivity index (χ0) is 11.6. The fourth-order valence-corrected chi connectivity index (χ4v) is 2.39. The monoisotopic (exact) mass is 217 g/mol. The molecule has 0 saturated carbocycles. The Labute approximate surface area is 99.5 Å². The van der Waals surface area contributed by atoms with Gasteiger partial charge in [0.25, 0.3) is 0 Å². The molecule has 88 valence electrons. The van der Waals surface area contributed by atoms with Crippen molar-refractivity contribution in [3.8, 4) is 0 Å². The summed E-state index contributed by atoms with van der Waals surface area (Å²) >= 11 is 0. The van der Waals surface area contributed by atoms with E-state index in [1.54, 1.807) is 0 Å². The van der Waals surface area contributed by atoms with Crippen molar-refractivity contribution in [1.29, 1.82) is 0 Å². The molecule has 1 aromatic carbocycles. The standard InChI is InChI=1S/C15H23N/c1-15(2,3)9-6-10-16-11-13-7-4-5-8-14(13)12-16/h4-5,7-8H,6,9-12H2,1-3H3. The lowest BCUT2D eigenvalue weighted by atomic mass is 9.90. The summed E-state index contributed by atoms with van der Waals surface area (Å²) in [7, 11) is 0. The largest absolute Gasteiger partial charge is 0.295 e. The SMILES string of the molecule is CC(C)(C)CCCN1Cc2ccccc2C1. The van der Waals surface area contributed by atoms with E-state index in [4.69, 9.17) is 0 Å². The molecule has 0 unspecified atom stereocenters. The zero-order valence-electron chi connectivity index (χ0n) is 10.8. The van der Waals surface area contributed by atoms with Crippen LogP contribution in [0.25, 0.3) is 0 Å². The molecule has 16 heavy (non-hydrogen) atoms. The fraction of sp³-hybridized carbons (Fsp3) is 0.600. The van der Waals surface area contributed by atoms with Gasteiger partial charge in [0, 0.05) is 13.1 Å². The predicted molar refractivity (Wildman–Crippen MR) is 69.2 cm³/mol. The van der Waals surface area contributed by atoms with Crippen LogP contribution in [0, 0.1) is 5.41 Å². The van der Waals surface area contributed by atoms with Crippen molar-refractivity contribution in [1.82, 2.24) is 4.90 Å². The zero-order valence-corrected chi connectivity index (χ0v) is 10.8. The first kappa shape index (κ1) is 11.7. The Kier molecular flexibility index (Phi) is 3.34. The highest BCUT2D eigenvalue weighted by molar-refractivity contribution is 5.30. The Morgan fingerprint density at radius 3 is 2.12 bits per heavy atom. The van der Waals surface area contributed by atoms with Gasteiger partial charge in [-0.25, -0.2) is 0 Å². The summed E-state index contributed by atoms with van der Waals surface area (Å²) in [5.41, 5.74) is 3.53. The minimum atomic E-state index is 0.479. The van der Waals surface area contributed by atoms with E-state index in [0.29, 0.717) is 5.41 Å². The summed E-state index contributed by atoms with van der Waals surface area (Å²) in [6, 6.07) is 8.83. The van der Waals surface area contributed by atoms with Crippen LogP contribution < -0.4 is 0 Å². The number of nitrogens with zero attached hydrogens (tertiary/aromatic N) is 1. The molecule has 1 heteroatoms. The van der Waals surface area contributed by atoms with E-state index in [1.165, 1.54) is 30.5 Å². The second-order valence-electron chi connectivity index (χ2n) is 6.14. The third-order valence-corrected chi connectivity index (χ3v) is 3.31. The quantitative estimate of drug-likeness (QED) is 0.744. The molecule has 0 atom stereocenters. The van der Waals surface area contributed by atoms with E-state index in [1.807, 2.05) is 0 Å². The lowest BCUT2D eigenvalue weighted by Crippen LogP contribution is -2.19. The Hall–Kier alpha value is -0.820. The number of hydrogen-bond donors (Lipinski definition) is 0. The first-order valence-electron chi connectivity index (χ1n) is 6.34. The van der Waals surface area contributed by atoms with Gasteiger partial charge in [-0.2, -0.15) is 0 Å². The molecule has 1 nitrogen and oxygen atoms in total. The molecular formula is C15H23N. The van der Waals surface area contributed by atoms with Crippen LogP contribution in [0.15, 0.2) is 24.3 Å². The van der Waals surface area contributed by atoms with Crippen LogP contribution in [0.4, 0.5) is 0 Å². The van der Waals surface area contributed by atoms with Gasteiger partial charge in [0.2, 0.25) is 0 Å². The highest BCUT2D eigenvalue weighted by Crippen LogP contribution is 2.25. The fourth-order valence-electron chi connectivity index (χ4n) is 2.39. The lowest BCUT2D eigenvalue weighted by molar-refractivity contribution is 0.253. The number of hydrogen-bond acceptors (Lipinski definition) is 1. The van der Waals surface area contributed by atoms with E-state index in [0.717, 1.165) is 13.1 Å². The van der Waals surface area contributed by atoms with Crippen molar-refractivity contribution in [2.45, 2.75) is 46.7 Å². The Balaban J connectivity index is 1.79. The highest BCUT2D eigenvalue weighted by Gasteiger charge is 2.18. The molecule has 0 fully saturated rings. The second kappa shape index (κ2) is 4.58. The maximum atomic E-state index is 2.57.